The van der Waals surface area contributed by atoms with E-state index in [0.29, 0.717) is 6.54 Å². The Bertz CT molecular complexity index is 685. The molecule has 1 fully saturated rings. The van der Waals surface area contributed by atoms with Crippen LogP contribution in [0.4, 0.5) is 5.82 Å². The zero-order valence-electron chi connectivity index (χ0n) is 20.2. The molecule has 0 bridgehead atoms. The van der Waals surface area contributed by atoms with E-state index in [2.05, 4.69) is 40.4 Å². The van der Waals surface area contributed by atoms with Gasteiger partial charge in [0.2, 0.25) is 5.91 Å². The van der Waals surface area contributed by atoms with Gasteiger partial charge in [-0.15, -0.1) is 0 Å². The number of hydrogen-bond acceptors (Lipinski definition) is 4. The van der Waals surface area contributed by atoms with Crippen molar-refractivity contribution < 1.29 is 4.79 Å². The molecule has 1 aromatic heterocycles. The number of hydrogen-bond donors (Lipinski definition) is 3. The SMILES string of the molecule is CCCCCCCCCCNC(=NCc1cccnc1N1CCC(C(N)=O)CC1)NCC. The van der Waals surface area contributed by atoms with Crippen LogP contribution >= 0.6 is 0 Å². The van der Waals surface area contributed by atoms with Crippen molar-refractivity contribution in [2.24, 2.45) is 16.6 Å². The van der Waals surface area contributed by atoms with Crippen molar-refractivity contribution in [1.29, 1.82) is 0 Å². The molecule has 0 spiro atoms. The summed E-state index contributed by atoms with van der Waals surface area (Å²) in [5.41, 5.74) is 6.58. The minimum Gasteiger partial charge on any atom is -0.369 e. The lowest BCUT2D eigenvalue weighted by atomic mass is 9.96. The van der Waals surface area contributed by atoms with E-state index in [1.54, 1.807) is 0 Å². The minimum absolute atomic E-state index is 0.0164. The number of anilines is 1. The summed E-state index contributed by atoms with van der Waals surface area (Å²) in [6, 6.07) is 4.06. The van der Waals surface area contributed by atoms with Crippen molar-refractivity contribution in [1.82, 2.24) is 15.6 Å². The van der Waals surface area contributed by atoms with Gasteiger partial charge in [0, 0.05) is 43.9 Å². The fraction of sp³-hybridized carbons (Fsp3) is 0.720. The molecule has 1 aromatic rings. The first-order valence-corrected chi connectivity index (χ1v) is 12.7. The number of rotatable bonds is 14. The molecule has 0 unspecified atom stereocenters. The normalized spacial score (nSPS) is 15.1. The van der Waals surface area contributed by atoms with Gasteiger partial charge in [0.15, 0.2) is 5.96 Å². The highest BCUT2D eigenvalue weighted by Crippen LogP contribution is 2.24. The average molecular weight is 445 g/mol. The van der Waals surface area contributed by atoms with E-state index in [-0.39, 0.29) is 11.8 Å². The Morgan fingerprint density at radius 1 is 1.09 bits per heavy atom. The highest BCUT2D eigenvalue weighted by molar-refractivity contribution is 5.79. The van der Waals surface area contributed by atoms with Gasteiger partial charge in [-0.2, -0.15) is 0 Å². The lowest BCUT2D eigenvalue weighted by Crippen LogP contribution is -2.39. The van der Waals surface area contributed by atoms with Crippen LogP contribution < -0.4 is 21.3 Å². The van der Waals surface area contributed by atoms with E-state index in [1.165, 1.54) is 51.4 Å². The molecular formula is C25H44N6O. The molecule has 1 amide bonds. The molecular weight excluding hydrogens is 400 g/mol. The number of aromatic nitrogens is 1. The van der Waals surface area contributed by atoms with Gasteiger partial charge in [0.05, 0.1) is 6.54 Å². The topological polar surface area (TPSA) is 95.6 Å². The molecule has 0 aromatic carbocycles. The van der Waals surface area contributed by atoms with E-state index in [9.17, 15) is 4.79 Å². The van der Waals surface area contributed by atoms with Gasteiger partial charge in [0.1, 0.15) is 5.82 Å². The monoisotopic (exact) mass is 444 g/mol. The van der Waals surface area contributed by atoms with Crippen LogP contribution in [0.2, 0.25) is 0 Å². The smallest absolute Gasteiger partial charge is 0.220 e. The van der Waals surface area contributed by atoms with Crippen LogP contribution in [-0.2, 0) is 11.3 Å². The van der Waals surface area contributed by atoms with E-state index in [0.717, 1.165) is 56.4 Å². The first-order valence-electron chi connectivity index (χ1n) is 12.7. The second-order valence-corrected chi connectivity index (χ2v) is 8.75. The Kier molecular flexibility index (Phi) is 12.6. The summed E-state index contributed by atoms with van der Waals surface area (Å²) in [5.74, 6) is 1.63. The lowest BCUT2D eigenvalue weighted by Gasteiger charge is -2.32. The van der Waals surface area contributed by atoms with Gasteiger partial charge < -0.3 is 21.3 Å². The number of primary amides is 1. The van der Waals surface area contributed by atoms with Crippen LogP contribution in [0.25, 0.3) is 0 Å². The highest BCUT2D eigenvalue weighted by Gasteiger charge is 2.24. The predicted octanol–water partition coefficient (Wildman–Crippen LogP) is 3.98. The first kappa shape index (κ1) is 25.9. The molecule has 4 N–H and O–H groups in total. The Balaban J connectivity index is 1.81. The highest BCUT2D eigenvalue weighted by atomic mass is 16.1. The summed E-state index contributed by atoms with van der Waals surface area (Å²) in [6.45, 7) is 8.32. The molecule has 1 aliphatic heterocycles. The number of aliphatic imine (C=N–C) groups is 1. The molecule has 32 heavy (non-hydrogen) atoms. The van der Waals surface area contributed by atoms with E-state index in [1.807, 2.05) is 12.3 Å². The van der Waals surface area contributed by atoms with Crippen LogP contribution in [0, 0.1) is 5.92 Å². The van der Waals surface area contributed by atoms with Gasteiger partial charge in [-0.1, -0.05) is 57.9 Å². The lowest BCUT2D eigenvalue weighted by molar-refractivity contribution is -0.122. The quantitative estimate of drug-likeness (QED) is 0.229. The van der Waals surface area contributed by atoms with E-state index in [4.69, 9.17) is 10.7 Å². The van der Waals surface area contributed by atoms with Gasteiger partial charge in [-0.05, 0) is 32.3 Å². The molecule has 1 aliphatic rings. The Hall–Kier alpha value is -2.31. The van der Waals surface area contributed by atoms with Crippen molar-refractivity contribution in [3.63, 3.8) is 0 Å². The molecule has 0 atom stereocenters. The maximum absolute atomic E-state index is 11.5. The van der Waals surface area contributed by atoms with Crippen LogP contribution in [-0.4, -0.2) is 43.0 Å². The predicted molar refractivity (Wildman–Crippen MR) is 134 cm³/mol. The molecule has 0 saturated carbocycles. The van der Waals surface area contributed by atoms with Crippen molar-refractivity contribution in [2.45, 2.75) is 84.6 Å². The minimum atomic E-state index is -0.187. The molecule has 180 valence electrons. The summed E-state index contributed by atoms with van der Waals surface area (Å²) in [5, 5.41) is 6.82. The molecule has 0 aliphatic carbocycles. The third kappa shape index (κ3) is 9.45. The Morgan fingerprint density at radius 2 is 1.78 bits per heavy atom. The molecule has 7 nitrogen and oxygen atoms in total. The summed E-state index contributed by atoms with van der Waals surface area (Å²) in [7, 11) is 0. The number of carbonyl (C=O) groups is 1. The van der Waals surface area contributed by atoms with Crippen LogP contribution in [0.15, 0.2) is 23.3 Å². The van der Waals surface area contributed by atoms with E-state index >= 15 is 0 Å². The van der Waals surface area contributed by atoms with Gasteiger partial charge in [-0.25, -0.2) is 9.98 Å². The van der Waals surface area contributed by atoms with Crippen molar-refractivity contribution >= 4 is 17.7 Å². The number of piperidine rings is 1. The molecule has 2 heterocycles. The molecule has 2 rings (SSSR count). The molecule has 7 heteroatoms. The van der Waals surface area contributed by atoms with Crippen LogP contribution in [0.5, 0.6) is 0 Å². The number of nitrogens with zero attached hydrogens (tertiary/aromatic N) is 3. The Labute approximate surface area is 194 Å². The number of pyridine rings is 1. The number of unbranched alkanes of at least 4 members (excludes halogenated alkanes) is 7. The van der Waals surface area contributed by atoms with Crippen molar-refractivity contribution in [3.8, 4) is 0 Å². The van der Waals surface area contributed by atoms with Crippen LogP contribution in [0.3, 0.4) is 0 Å². The molecule has 0 radical (unpaired) electrons. The van der Waals surface area contributed by atoms with Gasteiger partial charge in [-0.3, -0.25) is 4.79 Å². The third-order valence-corrected chi connectivity index (χ3v) is 6.14. The fourth-order valence-electron chi connectivity index (χ4n) is 4.19. The first-order chi connectivity index (χ1) is 15.7. The maximum atomic E-state index is 11.5. The second kappa shape index (κ2) is 15.5. The maximum Gasteiger partial charge on any atom is 0.220 e. The number of carbonyl (C=O) groups excluding carboxylic acids is 1. The summed E-state index contributed by atoms with van der Waals surface area (Å²) >= 11 is 0. The number of amides is 1. The standard InChI is InChI=1S/C25H44N6O/c1-3-5-6-7-8-9-10-11-16-29-25(27-4-2)30-20-22-13-12-17-28-24(22)31-18-14-21(15-19-31)23(26)32/h12-13,17,21H,3-11,14-16,18-20H2,1-2H3,(H2,26,32)(H2,27,29,30). The number of guanidine groups is 1. The van der Waals surface area contributed by atoms with Crippen LogP contribution in [0.1, 0.15) is 83.6 Å². The number of nitrogens with one attached hydrogen (secondary N) is 2. The Morgan fingerprint density at radius 3 is 2.44 bits per heavy atom. The largest absolute Gasteiger partial charge is 0.369 e. The fourth-order valence-corrected chi connectivity index (χ4v) is 4.19. The summed E-state index contributed by atoms with van der Waals surface area (Å²) in [4.78, 5) is 23.1. The van der Waals surface area contributed by atoms with E-state index < -0.39 is 0 Å². The third-order valence-electron chi connectivity index (χ3n) is 6.14. The zero-order chi connectivity index (χ0) is 23.0. The van der Waals surface area contributed by atoms with Crippen molar-refractivity contribution in [2.75, 3.05) is 31.1 Å². The molecule has 1 saturated heterocycles. The summed E-state index contributed by atoms with van der Waals surface area (Å²) < 4.78 is 0. The average Bonchev–Trinajstić information content (AvgIpc) is 2.81. The van der Waals surface area contributed by atoms with Gasteiger partial charge >= 0.3 is 0 Å². The van der Waals surface area contributed by atoms with Crippen molar-refractivity contribution in [3.05, 3.63) is 23.9 Å². The summed E-state index contributed by atoms with van der Waals surface area (Å²) in [6.07, 6.45) is 14.0. The van der Waals surface area contributed by atoms with Gasteiger partial charge in [0.25, 0.3) is 0 Å². The second-order valence-electron chi connectivity index (χ2n) is 8.75. The zero-order valence-corrected chi connectivity index (χ0v) is 20.2. The number of nitrogens with two attached hydrogens (primary N) is 1.